The number of para-hydroxylation sites is 1. The Balaban J connectivity index is 1.64. The fourth-order valence-corrected chi connectivity index (χ4v) is 3.53. The van der Waals surface area contributed by atoms with Crippen molar-refractivity contribution in [1.29, 1.82) is 0 Å². The molecule has 98 valence electrons. The fraction of sp³-hybridized carbons (Fsp3) is 0.438. The maximum absolute atomic E-state index is 4.58. The lowest BCUT2D eigenvalue weighted by Gasteiger charge is -2.24. The number of nitrogens with zero attached hydrogens (tertiary/aromatic N) is 2. The average Bonchev–Trinajstić information content (AvgIpc) is 3.09. The molecular weight excluding hydrogens is 234 g/mol. The first-order valence-electron chi connectivity index (χ1n) is 7.15. The van der Waals surface area contributed by atoms with E-state index in [2.05, 4.69) is 39.5 Å². The van der Waals surface area contributed by atoms with E-state index in [4.69, 9.17) is 0 Å². The predicted molar refractivity (Wildman–Crippen MR) is 78.5 cm³/mol. The molecule has 2 saturated heterocycles. The minimum atomic E-state index is 0.519. The van der Waals surface area contributed by atoms with E-state index in [1.807, 2.05) is 12.3 Å². The summed E-state index contributed by atoms with van der Waals surface area (Å²) in [6, 6.07) is 10.6. The van der Waals surface area contributed by atoms with Crippen molar-refractivity contribution in [3.05, 3.63) is 36.5 Å². The van der Waals surface area contributed by atoms with E-state index in [9.17, 15) is 0 Å². The molecule has 3 nitrogen and oxygen atoms in total. The molecule has 2 aliphatic rings. The largest absolute Gasteiger partial charge is 0.370 e. The second-order valence-corrected chi connectivity index (χ2v) is 5.98. The average molecular weight is 253 g/mol. The van der Waals surface area contributed by atoms with Crippen molar-refractivity contribution in [2.24, 2.45) is 5.41 Å². The van der Waals surface area contributed by atoms with Crippen LogP contribution >= 0.6 is 0 Å². The van der Waals surface area contributed by atoms with Gasteiger partial charge in [0, 0.05) is 30.4 Å². The highest BCUT2D eigenvalue weighted by Crippen LogP contribution is 2.38. The third kappa shape index (κ3) is 1.89. The van der Waals surface area contributed by atoms with Crippen LogP contribution in [-0.2, 0) is 0 Å². The number of fused-ring (bicyclic) bond motifs is 1. The fourth-order valence-electron chi connectivity index (χ4n) is 3.53. The van der Waals surface area contributed by atoms with Gasteiger partial charge in [-0.25, -0.2) is 0 Å². The van der Waals surface area contributed by atoms with E-state index in [1.165, 1.54) is 50.1 Å². The van der Waals surface area contributed by atoms with Crippen LogP contribution in [0, 0.1) is 5.41 Å². The number of anilines is 1. The smallest absolute Gasteiger partial charge is 0.0703 e. The highest BCUT2D eigenvalue weighted by molar-refractivity contribution is 5.81. The van der Waals surface area contributed by atoms with E-state index in [0.717, 1.165) is 5.52 Å². The minimum absolute atomic E-state index is 0.519. The molecule has 0 aliphatic carbocycles. The lowest BCUT2D eigenvalue weighted by Crippen LogP contribution is -2.29. The summed E-state index contributed by atoms with van der Waals surface area (Å²) in [6.07, 6.45) is 4.67. The Hall–Kier alpha value is -1.61. The topological polar surface area (TPSA) is 28.2 Å². The zero-order valence-corrected chi connectivity index (χ0v) is 11.1. The zero-order valence-electron chi connectivity index (χ0n) is 11.1. The summed E-state index contributed by atoms with van der Waals surface area (Å²) in [7, 11) is 0. The van der Waals surface area contributed by atoms with Gasteiger partial charge < -0.3 is 10.2 Å². The quantitative estimate of drug-likeness (QED) is 0.846. The van der Waals surface area contributed by atoms with Crippen LogP contribution in [0.3, 0.4) is 0 Å². The predicted octanol–water partition coefficient (Wildman–Crippen LogP) is 2.42. The van der Waals surface area contributed by atoms with Crippen molar-refractivity contribution < 1.29 is 0 Å². The van der Waals surface area contributed by atoms with Gasteiger partial charge in [0.2, 0.25) is 0 Å². The van der Waals surface area contributed by atoms with Crippen LogP contribution in [0.4, 0.5) is 5.69 Å². The lowest BCUT2D eigenvalue weighted by molar-refractivity contribution is 0.369. The van der Waals surface area contributed by atoms with Crippen molar-refractivity contribution in [3.8, 4) is 0 Å². The molecule has 2 fully saturated rings. The summed E-state index contributed by atoms with van der Waals surface area (Å²) < 4.78 is 0. The summed E-state index contributed by atoms with van der Waals surface area (Å²) in [5.74, 6) is 0. The van der Waals surface area contributed by atoms with Crippen molar-refractivity contribution in [3.63, 3.8) is 0 Å². The molecule has 1 N–H and O–H groups in total. The summed E-state index contributed by atoms with van der Waals surface area (Å²) in [6.45, 7) is 4.72. The molecule has 3 heterocycles. The second-order valence-electron chi connectivity index (χ2n) is 5.98. The van der Waals surface area contributed by atoms with Gasteiger partial charge in [-0.2, -0.15) is 0 Å². The first kappa shape index (κ1) is 11.2. The molecule has 0 bridgehead atoms. The van der Waals surface area contributed by atoms with Gasteiger partial charge in [0.15, 0.2) is 0 Å². The standard InChI is InChI=1S/C16H19N3/c1-2-4-15-13(3-1)9-14(10-18-15)19-8-6-16(12-19)5-7-17-11-16/h1-4,9-10,17H,5-8,11-12H2. The van der Waals surface area contributed by atoms with Gasteiger partial charge in [0.25, 0.3) is 0 Å². The van der Waals surface area contributed by atoms with E-state index < -0.39 is 0 Å². The number of pyridine rings is 1. The molecule has 0 amide bonds. The Kier molecular flexibility index (Phi) is 2.49. The van der Waals surface area contributed by atoms with E-state index >= 15 is 0 Å². The molecule has 1 atom stereocenters. The summed E-state index contributed by atoms with van der Waals surface area (Å²) >= 11 is 0. The number of hydrogen-bond acceptors (Lipinski definition) is 3. The molecule has 4 rings (SSSR count). The molecule has 1 unspecified atom stereocenters. The molecule has 1 spiro atoms. The number of rotatable bonds is 1. The van der Waals surface area contributed by atoms with E-state index in [0.29, 0.717) is 5.41 Å². The van der Waals surface area contributed by atoms with Crippen molar-refractivity contribution in [2.45, 2.75) is 12.8 Å². The van der Waals surface area contributed by atoms with Gasteiger partial charge >= 0.3 is 0 Å². The number of hydrogen-bond donors (Lipinski definition) is 1. The van der Waals surface area contributed by atoms with Crippen LogP contribution in [0.15, 0.2) is 36.5 Å². The van der Waals surface area contributed by atoms with Gasteiger partial charge in [0.05, 0.1) is 17.4 Å². The Bertz CT molecular complexity index is 602. The first-order valence-corrected chi connectivity index (χ1v) is 7.15. The Morgan fingerprint density at radius 3 is 3.05 bits per heavy atom. The molecule has 2 aliphatic heterocycles. The van der Waals surface area contributed by atoms with E-state index in [-0.39, 0.29) is 0 Å². The maximum Gasteiger partial charge on any atom is 0.0703 e. The number of benzene rings is 1. The van der Waals surface area contributed by atoms with Crippen molar-refractivity contribution in [1.82, 2.24) is 10.3 Å². The van der Waals surface area contributed by atoms with Crippen LogP contribution in [-0.4, -0.2) is 31.2 Å². The molecule has 3 heteroatoms. The first-order chi connectivity index (χ1) is 9.35. The third-order valence-electron chi connectivity index (χ3n) is 4.71. The SMILES string of the molecule is c1ccc2ncc(N3CCC4(CCNC4)C3)cc2c1. The molecule has 1 aromatic heterocycles. The van der Waals surface area contributed by atoms with Gasteiger partial charge in [0.1, 0.15) is 0 Å². The normalized spacial score (nSPS) is 26.6. The summed E-state index contributed by atoms with van der Waals surface area (Å²) in [5, 5.41) is 4.76. The Morgan fingerprint density at radius 2 is 2.16 bits per heavy atom. The molecule has 0 radical (unpaired) electrons. The summed E-state index contributed by atoms with van der Waals surface area (Å²) in [5.41, 5.74) is 2.89. The molecular formula is C16H19N3. The molecule has 2 aromatic rings. The van der Waals surface area contributed by atoms with Crippen LogP contribution in [0.25, 0.3) is 10.9 Å². The maximum atomic E-state index is 4.58. The lowest BCUT2D eigenvalue weighted by atomic mass is 9.86. The summed E-state index contributed by atoms with van der Waals surface area (Å²) in [4.78, 5) is 7.09. The van der Waals surface area contributed by atoms with Gasteiger partial charge in [-0.1, -0.05) is 18.2 Å². The Labute approximate surface area is 113 Å². The highest BCUT2D eigenvalue weighted by Gasteiger charge is 2.40. The third-order valence-corrected chi connectivity index (χ3v) is 4.71. The molecule has 19 heavy (non-hydrogen) atoms. The zero-order chi connectivity index (χ0) is 12.7. The van der Waals surface area contributed by atoms with E-state index in [1.54, 1.807) is 0 Å². The second kappa shape index (κ2) is 4.20. The Morgan fingerprint density at radius 1 is 1.21 bits per heavy atom. The van der Waals surface area contributed by atoms with Crippen LogP contribution < -0.4 is 10.2 Å². The number of aromatic nitrogens is 1. The van der Waals surface area contributed by atoms with Crippen molar-refractivity contribution in [2.75, 3.05) is 31.1 Å². The highest BCUT2D eigenvalue weighted by atomic mass is 15.2. The van der Waals surface area contributed by atoms with Crippen LogP contribution in [0.5, 0.6) is 0 Å². The van der Waals surface area contributed by atoms with Crippen LogP contribution in [0.1, 0.15) is 12.8 Å². The monoisotopic (exact) mass is 253 g/mol. The van der Waals surface area contributed by atoms with Crippen molar-refractivity contribution >= 4 is 16.6 Å². The molecule has 1 aromatic carbocycles. The minimum Gasteiger partial charge on any atom is -0.370 e. The molecule has 0 saturated carbocycles. The van der Waals surface area contributed by atoms with Gasteiger partial charge in [-0.15, -0.1) is 0 Å². The van der Waals surface area contributed by atoms with Gasteiger partial charge in [-0.05, 0) is 31.5 Å². The van der Waals surface area contributed by atoms with Crippen LogP contribution in [0.2, 0.25) is 0 Å². The number of nitrogens with one attached hydrogen (secondary N) is 1. The van der Waals surface area contributed by atoms with Gasteiger partial charge in [-0.3, -0.25) is 4.98 Å².